The highest BCUT2D eigenvalue weighted by Gasteiger charge is 2.14. The lowest BCUT2D eigenvalue weighted by Crippen LogP contribution is -2.09. The zero-order valence-electron chi connectivity index (χ0n) is 17.4. The van der Waals surface area contributed by atoms with Crippen LogP contribution in [-0.4, -0.2) is 49.2 Å². The molecule has 1 unspecified atom stereocenters. The Bertz CT molecular complexity index is 869. The summed E-state index contributed by atoms with van der Waals surface area (Å²) in [5.74, 6) is 0. The van der Waals surface area contributed by atoms with E-state index in [1.807, 2.05) is 10.9 Å². The fourth-order valence-corrected chi connectivity index (χ4v) is 2.84. The van der Waals surface area contributed by atoms with E-state index in [2.05, 4.69) is 29.0 Å². The number of nitrogens with zero attached hydrogens (tertiary/aromatic N) is 5. The van der Waals surface area contributed by atoms with Crippen molar-refractivity contribution in [2.45, 2.75) is 52.2 Å². The highest BCUT2D eigenvalue weighted by molar-refractivity contribution is 6.09. The monoisotopic (exact) mass is 397 g/mol. The zero-order chi connectivity index (χ0) is 21.2. The van der Waals surface area contributed by atoms with Crippen LogP contribution in [0.25, 0.3) is 6.20 Å². The Hall–Kier alpha value is -3.00. The van der Waals surface area contributed by atoms with Gasteiger partial charge in [-0.05, 0) is 38.3 Å². The molecule has 2 rings (SSSR count). The van der Waals surface area contributed by atoms with E-state index in [-0.39, 0.29) is 6.10 Å². The summed E-state index contributed by atoms with van der Waals surface area (Å²) in [5, 5.41) is 26.5. The second kappa shape index (κ2) is 11.1. The fraction of sp³-hybridized carbons (Fsp3) is 0.429. The Morgan fingerprint density at radius 2 is 2.10 bits per heavy atom. The van der Waals surface area contributed by atoms with E-state index < -0.39 is 0 Å². The molecule has 1 atom stereocenters. The molecule has 0 spiro atoms. The molecule has 0 aliphatic carbocycles. The van der Waals surface area contributed by atoms with Crippen molar-refractivity contribution in [2.24, 2.45) is 10.7 Å². The maximum atomic E-state index is 9.27. The molecule has 29 heavy (non-hydrogen) atoms. The summed E-state index contributed by atoms with van der Waals surface area (Å²) in [7, 11) is 0. The molecule has 0 aromatic carbocycles. The Morgan fingerprint density at radius 1 is 1.34 bits per heavy atom. The minimum absolute atomic E-state index is 0.340. The van der Waals surface area contributed by atoms with E-state index >= 15 is 0 Å². The Morgan fingerprint density at radius 3 is 2.76 bits per heavy atom. The Balaban J connectivity index is 2.12. The minimum atomic E-state index is -0.375. The third-order valence-corrected chi connectivity index (χ3v) is 4.65. The second-order valence-electron chi connectivity index (χ2n) is 6.87. The average molecular weight is 398 g/mol. The predicted molar refractivity (Wildman–Crippen MR) is 117 cm³/mol. The van der Waals surface area contributed by atoms with Crippen molar-refractivity contribution in [3.05, 3.63) is 53.8 Å². The van der Waals surface area contributed by atoms with Gasteiger partial charge in [0.1, 0.15) is 0 Å². The topological polar surface area (TPSA) is 118 Å². The molecule has 8 heteroatoms. The standard InChI is InChI=1S/C21H31N7O/c1-4-19(5-2)28-15-18(14-26-28)21(23)20-7-10-25-27(20)11-8-17(12-22)13-24-9-6-16(3)29/h7-8,10-16,19,23,29H,4-6,9,22H2,1-3H3. The molecular formula is C21H31N7O. The van der Waals surface area contributed by atoms with E-state index in [1.54, 1.807) is 48.6 Å². The van der Waals surface area contributed by atoms with Crippen LogP contribution in [0.5, 0.6) is 0 Å². The number of hydrogen-bond acceptors (Lipinski definition) is 6. The van der Waals surface area contributed by atoms with Crippen molar-refractivity contribution in [3.63, 3.8) is 0 Å². The number of nitrogens with one attached hydrogen (secondary N) is 1. The molecule has 156 valence electrons. The normalized spacial score (nSPS) is 13.8. The molecule has 0 radical (unpaired) electrons. The molecule has 0 bridgehead atoms. The van der Waals surface area contributed by atoms with Gasteiger partial charge in [0, 0.05) is 42.5 Å². The van der Waals surface area contributed by atoms with Gasteiger partial charge < -0.3 is 10.8 Å². The van der Waals surface area contributed by atoms with E-state index in [0.29, 0.717) is 36.0 Å². The van der Waals surface area contributed by atoms with E-state index in [4.69, 9.17) is 11.1 Å². The molecule has 2 aromatic rings. The molecule has 2 aromatic heterocycles. The van der Waals surface area contributed by atoms with Gasteiger partial charge >= 0.3 is 0 Å². The minimum Gasteiger partial charge on any atom is -0.404 e. The molecule has 0 saturated heterocycles. The average Bonchev–Trinajstić information content (AvgIpc) is 3.37. The first kappa shape index (κ1) is 22.3. The van der Waals surface area contributed by atoms with Crippen LogP contribution >= 0.6 is 0 Å². The molecule has 0 fully saturated rings. The van der Waals surface area contributed by atoms with Crippen LogP contribution in [0.3, 0.4) is 0 Å². The number of allylic oxidation sites excluding steroid dienone is 2. The number of hydrogen-bond donors (Lipinski definition) is 3. The number of nitrogens with two attached hydrogens (primary N) is 1. The maximum absolute atomic E-state index is 9.27. The number of aliphatic hydroxyl groups excluding tert-OH is 1. The van der Waals surface area contributed by atoms with Crippen molar-refractivity contribution in [2.75, 3.05) is 6.54 Å². The predicted octanol–water partition coefficient (Wildman–Crippen LogP) is 3.01. The van der Waals surface area contributed by atoms with E-state index in [1.165, 1.54) is 6.20 Å². The van der Waals surface area contributed by atoms with E-state index in [9.17, 15) is 5.11 Å². The first-order chi connectivity index (χ1) is 14.0. The van der Waals surface area contributed by atoms with Crippen molar-refractivity contribution in [3.8, 4) is 0 Å². The quantitative estimate of drug-likeness (QED) is 0.399. The summed E-state index contributed by atoms with van der Waals surface area (Å²) >= 11 is 0. The SMILES string of the molecule is CCC(CC)n1cc(C(=N)c2ccnn2C=CC(C=NCCC(C)O)=CN)cn1. The first-order valence-electron chi connectivity index (χ1n) is 9.95. The lowest BCUT2D eigenvalue weighted by atomic mass is 10.1. The summed E-state index contributed by atoms with van der Waals surface area (Å²) in [6, 6.07) is 2.13. The van der Waals surface area contributed by atoms with Gasteiger partial charge in [-0.3, -0.25) is 15.1 Å². The summed E-state index contributed by atoms with van der Waals surface area (Å²) in [5.41, 5.74) is 8.14. The maximum Gasteiger partial charge on any atom is 0.0918 e. The van der Waals surface area contributed by atoms with E-state index in [0.717, 1.165) is 18.4 Å². The summed E-state index contributed by atoms with van der Waals surface area (Å²) < 4.78 is 3.56. The van der Waals surface area contributed by atoms with Gasteiger partial charge in [-0.1, -0.05) is 13.8 Å². The highest BCUT2D eigenvalue weighted by atomic mass is 16.3. The summed E-state index contributed by atoms with van der Waals surface area (Å²) in [6.07, 6.45) is 14.2. The molecule has 4 N–H and O–H groups in total. The molecule has 0 aliphatic rings. The lowest BCUT2D eigenvalue weighted by Gasteiger charge is -2.12. The molecule has 0 saturated carbocycles. The molecule has 2 heterocycles. The first-order valence-corrected chi connectivity index (χ1v) is 9.95. The Labute approximate surface area is 172 Å². The van der Waals surface area contributed by atoms with Crippen LogP contribution in [0.15, 0.2) is 47.5 Å². The number of aliphatic hydroxyl groups is 1. The van der Waals surface area contributed by atoms with Gasteiger partial charge in [-0.15, -0.1) is 0 Å². The smallest absolute Gasteiger partial charge is 0.0918 e. The molecular weight excluding hydrogens is 366 g/mol. The molecule has 0 amide bonds. The lowest BCUT2D eigenvalue weighted by molar-refractivity contribution is 0.187. The van der Waals surface area contributed by atoms with Crippen LogP contribution in [0.2, 0.25) is 0 Å². The van der Waals surface area contributed by atoms with Crippen LogP contribution < -0.4 is 5.73 Å². The zero-order valence-corrected chi connectivity index (χ0v) is 17.4. The molecule has 0 aliphatic heterocycles. The van der Waals surface area contributed by atoms with Crippen molar-refractivity contribution >= 4 is 18.1 Å². The third kappa shape index (κ3) is 6.25. The van der Waals surface area contributed by atoms with Crippen LogP contribution in [0.4, 0.5) is 0 Å². The number of rotatable bonds is 11. The largest absolute Gasteiger partial charge is 0.404 e. The number of aromatic nitrogens is 4. The van der Waals surface area contributed by atoms with Crippen molar-refractivity contribution < 1.29 is 5.11 Å². The van der Waals surface area contributed by atoms with Crippen LogP contribution in [0.1, 0.15) is 57.3 Å². The fourth-order valence-electron chi connectivity index (χ4n) is 2.84. The van der Waals surface area contributed by atoms with Gasteiger partial charge in [-0.25, -0.2) is 4.68 Å². The van der Waals surface area contributed by atoms with Gasteiger partial charge in [0.05, 0.1) is 35.9 Å². The van der Waals surface area contributed by atoms with Gasteiger partial charge in [0.2, 0.25) is 0 Å². The summed E-state index contributed by atoms with van der Waals surface area (Å²) in [6.45, 7) is 6.53. The van der Waals surface area contributed by atoms with Crippen molar-refractivity contribution in [1.29, 1.82) is 5.41 Å². The van der Waals surface area contributed by atoms with Crippen LogP contribution in [0, 0.1) is 5.41 Å². The Kier molecular flexibility index (Phi) is 8.54. The van der Waals surface area contributed by atoms with Gasteiger partial charge in [0.25, 0.3) is 0 Å². The highest BCUT2D eigenvalue weighted by Crippen LogP contribution is 2.17. The third-order valence-electron chi connectivity index (χ3n) is 4.65. The molecule has 8 nitrogen and oxygen atoms in total. The summed E-state index contributed by atoms with van der Waals surface area (Å²) in [4.78, 5) is 4.26. The van der Waals surface area contributed by atoms with Gasteiger partial charge in [-0.2, -0.15) is 10.2 Å². The van der Waals surface area contributed by atoms with Crippen LogP contribution in [-0.2, 0) is 0 Å². The van der Waals surface area contributed by atoms with Gasteiger partial charge in [0.15, 0.2) is 0 Å². The number of aliphatic imine (C=N–C) groups is 1. The van der Waals surface area contributed by atoms with Crippen molar-refractivity contribution in [1.82, 2.24) is 19.6 Å². The second-order valence-corrected chi connectivity index (χ2v) is 6.87.